The molecule has 2 nitrogen and oxygen atoms in total. The SMILES string of the molecule is O=C(NCCCCCCl)c1cccc(F)c1F. The van der Waals surface area contributed by atoms with Gasteiger partial charge in [-0.05, 0) is 25.0 Å². The maximum atomic E-state index is 13.2. The van der Waals surface area contributed by atoms with E-state index in [-0.39, 0.29) is 5.56 Å². The molecule has 5 heteroatoms. The topological polar surface area (TPSA) is 29.1 Å². The number of benzene rings is 1. The summed E-state index contributed by atoms with van der Waals surface area (Å²) in [6.45, 7) is 0.436. The zero-order valence-electron chi connectivity index (χ0n) is 9.31. The van der Waals surface area contributed by atoms with Gasteiger partial charge in [0.2, 0.25) is 0 Å². The van der Waals surface area contributed by atoms with Crippen LogP contribution in [0.4, 0.5) is 8.78 Å². The largest absolute Gasteiger partial charge is 0.352 e. The zero-order chi connectivity index (χ0) is 12.7. The number of unbranched alkanes of at least 4 members (excludes halogenated alkanes) is 2. The van der Waals surface area contributed by atoms with Crippen molar-refractivity contribution in [1.82, 2.24) is 5.32 Å². The lowest BCUT2D eigenvalue weighted by Gasteiger charge is -2.06. The van der Waals surface area contributed by atoms with Crippen LogP contribution < -0.4 is 5.32 Å². The summed E-state index contributed by atoms with van der Waals surface area (Å²) >= 11 is 5.50. The minimum absolute atomic E-state index is 0.262. The molecule has 0 radical (unpaired) electrons. The molecule has 0 heterocycles. The third-order valence-electron chi connectivity index (χ3n) is 2.29. The summed E-state index contributed by atoms with van der Waals surface area (Å²) < 4.78 is 26.1. The molecule has 94 valence electrons. The molecule has 1 aromatic carbocycles. The first-order valence-electron chi connectivity index (χ1n) is 5.45. The van der Waals surface area contributed by atoms with Gasteiger partial charge < -0.3 is 5.32 Å². The Kier molecular flexibility index (Phi) is 5.91. The number of carbonyl (C=O) groups is 1. The number of nitrogens with one attached hydrogen (secondary N) is 1. The van der Waals surface area contributed by atoms with Crippen molar-refractivity contribution >= 4 is 17.5 Å². The fraction of sp³-hybridized carbons (Fsp3) is 0.417. The average Bonchev–Trinajstić information content (AvgIpc) is 2.32. The van der Waals surface area contributed by atoms with Crippen molar-refractivity contribution in [1.29, 1.82) is 0 Å². The molecular weight excluding hydrogens is 248 g/mol. The van der Waals surface area contributed by atoms with Crippen molar-refractivity contribution in [3.05, 3.63) is 35.4 Å². The van der Waals surface area contributed by atoms with Crippen LogP contribution in [0.25, 0.3) is 0 Å². The second-order valence-electron chi connectivity index (χ2n) is 3.61. The van der Waals surface area contributed by atoms with Crippen LogP contribution in [0, 0.1) is 11.6 Å². The van der Waals surface area contributed by atoms with Gasteiger partial charge in [0.25, 0.3) is 5.91 Å². The van der Waals surface area contributed by atoms with E-state index in [0.717, 1.165) is 25.3 Å². The van der Waals surface area contributed by atoms with Gasteiger partial charge in [0.15, 0.2) is 11.6 Å². The zero-order valence-corrected chi connectivity index (χ0v) is 10.1. The highest BCUT2D eigenvalue weighted by atomic mass is 35.5. The first-order valence-corrected chi connectivity index (χ1v) is 5.98. The van der Waals surface area contributed by atoms with Gasteiger partial charge in [-0.25, -0.2) is 8.78 Å². The number of halogens is 3. The smallest absolute Gasteiger partial charge is 0.254 e. The number of hydrogen-bond acceptors (Lipinski definition) is 1. The van der Waals surface area contributed by atoms with E-state index in [1.165, 1.54) is 12.1 Å². The first kappa shape index (κ1) is 13.9. The van der Waals surface area contributed by atoms with E-state index in [1.807, 2.05) is 0 Å². The number of carbonyl (C=O) groups excluding carboxylic acids is 1. The van der Waals surface area contributed by atoms with E-state index in [2.05, 4.69) is 5.32 Å². The Labute approximate surface area is 104 Å². The summed E-state index contributed by atoms with van der Waals surface area (Å²) in [5, 5.41) is 2.54. The Bertz CT molecular complexity index is 385. The minimum atomic E-state index is -1.11. The van der Waals surface area contributed by atoms with Gasteiger partial charge in [-0.3, -0.25) is 4.79 Å². The predicted octanol–water partition coefficient (Wildman–Crippen LogP) is 3.10. The highest BCUT2D eigenvalue weighted by Gasteiger charge is 2.13. The normalized spacial score (nSPS) is 10.3. The highest BCUT2D eigenvalue weighted by Crippen LogP contribution is 2.11. The number of amides is 1. The summed E-state index contributed by atoms with van der Waals surface area (Å²) in [5.74, 6) is -2.12. The van der Waals surface area contributed by atoms with Crippen LogP contribution in [0.1, 0.15) is 29.6 Å². The fourth-order valence-electron chi connectivity index (χ4n) is 1.37. The summed E-state index contributed by atoms with van der Waals surface area (Å²) in [7, 11) is 0. The van der Waals surface area contributed by atoms with E-state index in [0.29, 0.717) is 12.4 Å². The molecule has 0 fully saturated rings. The van der Waals surface area contributed by atoms with Gasteiger partial charge in [0, 0.05) is 12.4 Å². The van der Waals surface area contributed by atoms with Gasteiger partial charge in [-0.15, -0.1) is 11.6 Å². The van der Waals surface area contributed by atoms with E-state index in [1.54, 1.807) is 0 Å². The molecule has 0 saturated heterocycles. The lowest BCUT2D eigenvalue weighted by molar-refractivity contribution is 0.0948. The Morgan fingerprint density at radius 2 is 2.00 bits per heavy atom. The summed E-state index contributed by atoms with van der Waals surface area (Å²) in [6, 6.07) is 3.54. The van der Waals surface area contributed by atoms with Crippen molar-refractivity contribution in [3.8, 4) is 0 Å². The van der Waals surface area contributed by atoms with Crippen LogP contribution in [-0.4, -0.2) is 18.3 Å². The highest BCUT2D eigenvalue weighted by molar-refractivity contribution is 6.17. The molecule has 0 aliphatic carbocycles. The molecule has 0 atom stereocenters. The van der Waals surface area contributed by atoms with Crippen LogP contribution >= 0.6 is 11.6 Å². The van der Waals surface area contributed by atoms with Gasteiger partial charge in [0.1, 0.15) is 0 Å². The van der Waals surface area contributed by atoms with Crippen LogP contribution in [0.5, 0.6) is 0 Å². The Morgan fingerprint density at radius 1 is 1.24 bits per heavy atom. The maximum Gasteiger partial charge on any atom is 0.254 e. The van der Waals surface area contributed by atoms with E-state index < -0.39 is 17.5 Å². The van der Waals surface area contributed by atoms with E-state index in [9.17, 15) is 13.6 Å². The Hall–Kier alpha value is -1.16. The van der Waals surface area contributed by atoms with Gasteiger partial charge >= 0.3 is 0 Å². The average molecular weight is 262 g/mol. The van der Waals surface area contributed by atoms with Crippen LogP contribution in [0.15, 0.2) is 18.2 Å². The maximum absolute atomic E-state index is 13.2. The standard InChI is InChI=1S/C12H14ClF2NO/c13-7-2-1-3-8-16-12(17)9-5-4-6-10(14)11(9)15/h4-6H,1-3,7-8H2,(H,16,17). The van der Waals surface area contributed by atoms with Gasteiger partial charge in [-0.1, -0.05) is 12.5 Å². The lowest BCUT2D eigenvalue weighted by atomic mass is 10.2. The molecule has 1 rings (SSSR count). The molecule has 0 spiro atoms. The van der Waals surface area contributed by atoms with Crippen molar-refractivity contribution < 1.29 is 13.6 Å². The lowest BCUT2D eigenvalue weighted by Crippen LogP contribution is -2.25. The van der Waals surface area contributed by atoms with Gasteiger partial charge in [-0.2, -0.15) is 0 Å². The molecule has 1 N–H and O–H groups in total. The van der Waals surface area contributed by atoms with E-state index in [4.69, 9.17) is 11.6 Å². The molecule has 0 aliphatic heterocycles. The molecular formula is C12H14ClF2NO. The molecule has 0 aliphatic rings. The predicted molar refractivity (Wildman–Crippen MR) is 63.3 cm³/mol. The summed E-state index contributed by atoms with van der Waals surface area (Å²) in [5.41, 5.74) is -0.262. The molecule has 1 amide bonds. The third kappa shape index (κ3) is 4.30. The fourth-order valence-corrected chi connectivity index (χ4v) is 1.56. The molecule has 1 aromatic rings. The second-order valence-corrected chi connectivity index (χ2v) is 3.98. The molecule has 0 bridgehead atoms. The Balaban J connectivity index is 2.44. The first-order chi connectivity index (χ1) is 8.16. The quantitative estimate of drug-likeness (QED) is 0.619. The molecule has 0 saturated carbocycles. The summed E-state index contributed by atoms with van der Waals surface area (Å²) in [6.07, 6.45) is 2.55. The van der Waals surface area contributed by atoms with Crippen molar-refractivity contribution in [2.24, 2.45) is 0 Å². The second kappa shape index (κ2) is 7.22. The molecule has 0 unspecified atom stereocenters. The third-order valence-corrected chi connectivity index (χ3v) is 2.56. The van der Waals surface area contributed by atoms with Crippen LogP contribution in [0.3, 0.4) is 0 Å². The number of alkyl halides is 1. The number of rotatable bonds is 6. The van der Waals surface area contributed by atoms with E-state index >= 15 is 0 Å². The molecule has 17 heavy (non-hydrogen) atoms. The van der Waals surface area contributed by atoms with Crippen LogP contribution in [-0.2, 0) is 0 Å². The number of hydrogen-bond donors (Lipinski definition) is 1. The Morgan fingerprint density at radius 3 is 2.71 bits per heavy atom. The minimum Gasteiger partial charge on any atom is -0.352 e. The van der Waals surface area contributed by atoms with Crippen molar-refractivity contribution in [3.63, 3.8) is 0 Å². The molecule has 0 aromatic heterocycles. The van der Waals surface area contributed by atoms with Gasteiger partial charge in [0.05, 0.1) is 5.56 Å². The van der Waals surface area contributed by atoms with Crippen molar-refractivity contribution in [2.75, 3.05) is 12.4 Å². The van der Waals surface area contributed by atoms with Crippen LogP contribution in [0.2, 0.25) is 0 Å². The monoisotopic (exact) mass is 261 g/mol. The summed E-state index contributed by atoms with van der Waals surface area (Å²) in [4.78, 5) is 11.5. The van der Waals surface area contributed by atoms with Crippen molar-refractivity contribution in [2.45, 2.75) is 19.3 Å².